The first-order valence-corrected chi connectivity index (χ1v) is 11.7. The number of fused-ring (bicyclic) bond motifs is 1. The average Bonchev–Trinajstić information content (AvgIpc) is 3.69. The third-order valence-corrected chi connectivity index (χ3v) is 6.75. The van der Waals surface area contributed by atoms with Crippen LogP contribution in [-0.4, -0.2) is 47.5 Å². The van der Waals surface area contributed by atoms with Crippen LogP contribution in [0.2, 0.25) is 0 Å². The average molecular weight is 481 g/mol. The molecule has 2 amide bonds. The fourth-order valence-electron chi connectivity index (χ4n) is 4.59. The van der Waals surface area contributed by atoms with Crippen LogP contribution in [0.1, 0.15) is 41.7 Å². The van der Waals surface area contributed by atoms with E-state index in [4.69, 9.17) is 0 Å². The number of hydrogen-bond donors (Lipinski definition) is 1. The summed E-state index contributed by atoms with van der Waals surface area (Å²) in [6, 6.07) is 9.10. The molecule has 1 aliphatic carbocycles. The van der Waals surface area contributed by atoms with Gasteiger partial charge in [-0.2, -0.15) is 0 Å². The molecule has 7 nitrogen and oxygen atoms in total. The van der Waals surface area contributed by atoms with E-state index in [1.807, 2.05) is 9.47 Å². The molecule has 3 aromatic rings. The molecule has 1 saturated carbocycles. The van der Waals surface area contributed by atoms with Crippen molar-refractivity contribution in [3.8, 4) is 0 Å². The smallest absolute Gasteiger partial charge is 0.257 e. The molecule has 0 bridgehead atoms. The van der Waals surface area contributed by atoms with E-state index in [-0.39, 0.29) is 29.4 Å². The lowest BCUT2D eigenvalue weighted by Gasteiger charge is -2.36. The Labute approximate surface area is 200 Å². The van der Waals surface area contributed by atoms with Gasteiger partial charge < -0.3 is 19.7 Å². The molecule has 2 fully saturated rings. The largest absolute Gasteiger partial charge is 0.366 e. The van der Waals surface area contributed by atoms with E-state index in [1.54, 1.807) is 29.2 Å². The number of halogens is 2. The number of pyridine rings is 1. The SMILES string of the molecule is CC(=O)N1CCN(c2cc3c(cc2F)c(=O)c(C(=O)NCc2ccccc2F)cn3C2CC2)CC1. The number of aromatic nitrogens is 1. The number of nitrogens with zero attached hydrogens (tertiary/aromatic N) is 3. The lowest BCUT2D eigenvalue weighted by molar-refractivity contribution is -0.129. The predicted molar refractivity (Wildman–Crippen MR) is 128 cm³/mol. The molecule has 35 heavy (non-hydrogen) atoms. The summed E-state index contributed by atoms with van der Waals surface area (Å²) in [5.74, 6) is -1.62. The summed E-state index contributed by atoms with van der Waals surface area (Å²) >= 11 is 0. The highest BCUT2D eigenvalue weighted by Gasteiger charge is 2.29. The summed E-state index contributed by atoms with van der Waals surface area (Å²) in [5, 5.41) is 2.75. The molecule has 1 N–H and O–H groups in total. The first-order chi connectivity index (χ1) is 16.8. The van der Waals surface area contributed by atoms with Gasteiger partial charge in [-0.15, -0.1) is 0 Å². The summed E-state index contributed by atoms with van der Waals surface area (Å²) < 4.78 is 31.0. The number of hydrogen-bond acceptors (Lipinski definition) is 4. The second-order valence-corrected chi connectivity index (χ2v) is 9.10. The number of benzene rings is 2. The number of piperazine rings is 1. The van der Waals surface area contributed by atoms with Gasteiger partial charge in [0.1, 0.15) is 17.2 Å². The van der Waals surface area contributed by atoms with Crippen LogP contribution < -0.4 is 15.6 Å². The predicted octanol–water partition coefficient (Wildman–Crippen LogP) is 3.21. The number of carbonyl (C=O) groups is 2. The van der Waals surface area contributed by atoms with Gasteiger partial charge in [0.05, 0.1) is 11.2 Å². The summed E-state index contributed by atoms with van der Waals surface area (Å²) in [7, 11) is 0. The number of rotatable bonds is 5. The standard InChI is InChI=1S/C26H26F2N4O3/c1-16(33)30-8-10-31(11-9-30)24-13-23-19(12-22(24)28)25(34)20(15-32(23)18-6-7-18)26(35)29-14-17-4-2-3-5-21(17)27/h2-5,12-13,15,18H,6-11,14H2,1H3,(H,29,35). The Morgan fingerprint density at radius 1 is 1.03 bits per heavy atom. The zero-order valence-corrected chi connectivity index (χ0v) is 19.4. The van der Waals surface area contributed by atoms with Crippen molar-refractivity contribution in [1.82, 2.24) is 14.8 Å². The van der Waals surface area contributed by atoms with Crippen molar-refractivity contribution >= 4 is 28.4 Å². The van der Waals surface area contributed by atoms with Crippen LogP contribution in [0.3, 0.4) is 0 Å². The first kappa shape index (κ1) is 23.0. The lowest BCUT2D eigenvalue weighted by atomic mass is 10.1. The Bertz CT molecular complexity index is 1380. The van der Waals surface area contributed by atoms with Gasteiger partial charge >= 0.3 is 0 Å². The summed E-state index contributed by atoms with van der Waals surface area (Å²) in [5.41, 5.74) is 0.613. The van der Waals surface area contributed by atoms with Crippen molar-refractivity contribution < 1.29 is 18.4 Å². The van der Waals surface area contributed by atoms with Crippen molar-refractivity contribution in [3.05, 3.63) is 75.6 Å². The molecule has 0 radical (unpaired) electrons. The quantitative estimate of drug-likeness (QED) is 0.609. The number of nitrogens with one attached hydrogen (secondary N) is 1. The fourth-order valence-corrected chi connectivity index (χ4v) is 4.59. The normalized spacial score (nSPS) is 16.0. The minimum atomic E-state index is -0.626. The topological polar surface area (TPSA) is 74.7 Å². The maximum atomic E-state index is 15.2. The zero-order chi connectivity index (χ0) is 24.7. The summed E-state index contributed by atoms with van der Waals surface area (Å²) in [6.45, 7) is 3.45. The van der Waals surface area contributed by atoms with Crippen LogP contribution in [-0.2, 0) is 11.3 Å². The van der Waals surface area contributed by atoms with Crippen LogP contribution in [0.25, 0.3) is 10.9 Å². The van der Waals surface area contributed by atoms with Crippen LogP contribution >= 0.6 is 0 Å². The third-order valence-electron chi connectivity index (χ3n) is 6.75. The minimum absolute atomic E-state index is 0.00739. The van der Waals surface area contributed by atoms with E-state index in [0.29, 0.717) is 42.9 Å². The van der Waals surface area contributed by atoms with E-state index < -0.39 is 23.0 Å². The maximum absolute atomic E-state index is 15.2. The van der Waals surface area contributed by atoms with Gasteiger partial charge in [-0.05, 0) is 31.0 Å². The van der Waals surface area contributed by atoms with Gasteiger partial charge in [0.25, 0.3) is 5.91 Å². The third kappa shape index (κ3) is 4.50. The Balaban J connectivity index is 1.48. The molecule has 2 aromatic carbocycles. The number of anilines is 1. The Hall–Kier alpha value is -3.75. The Morgan fingerprint density at radius 3 is 2.40 bits per heavy atom. The first-order valence-electron chi connectivity index (χ1n) is 11.7. The van der Waals surface area contributed by atoms with Gasteiger partial charge in [0, 0.05) is 62.8 Å². The highest BCUT2D eigenvalue weighted by atomic mass is 19.1. The van der Waals surface area contributed by atoms with E-state index >= 15 is 4.39 Å². The molecule has 9 heteroatoms. The molecular weight excluding hydrogens is 454 g/mol. The van der Waals surface area contributed by atoms with E-state index in [1.165, 1.54) is 25.3 Å². The van der Waals surface area contributed by atoms with Gasteiger partial charge in [-0.1, -0.05) is 18.2 Å². The van der Waals surface area contributed by atoms with Crippen molar-refractivity contribution in [2.24, 2.45) is 0 Å². The zero-order valence-electron chi connectivity index (χ0n) is 19.4. The molecular formula is C26H26F2N4O3. The van der Waals surface area contributed by atoms with Crippen LogP contribution in [0.4, 0.5) is 14.5 Å². The minimum Gasteiger partial charge on any atom is -0.366 e. The van der Waals surface area contributed by atoms with Crippen molar-refractivity contribution in [2.45, 2.75) is 32.4 Å². The van der Waals surface area contributed by atoms with Crippen LogP contribution in [0.5, 0.6) is 0 Å². The molecule has 1 aromatic heterocycles. The van der Waals surface area contributed by atoms with Gasteiger partial charge in [-0.3, -0.25) is 14.4 Å². The maximum Gasteiger partial charge on any atom is 0.257 e. The Morgan fingerprint density at radius 2 is 1.74 bits per heavy atom. The molecule has 0 unspecified atom stereocenters. The van der Waals surface area contributed by atoms with Gasteiger partial charge in [0.2, 0.25) is 11.3 Å². The van der Waals surface area contributed by atoms with Crippen LogP contribution in [0, 0.1) is 11.6 Å². The Kier molecular flexibility index (Phi) is 6.00. The lowest BCUT2D eigenvalue weighted by Crippen LogP contribution is -2.48. The number of amides is 2. The molecule has 1 saturated heterocycles. The molecule has 1 aliphatic heterocycles. The molecule has 0 spiro atoms. The molecule has 2 heterocycles. The summed E-state index contributed by atoms with van der Waals surface area (Å²) in [6.07, 6.45) is 3.34. The number of carbonyl (C=O) groups excluding carboxylic acids is 2. The second kappa shape index (κ2) is 9.13. The summed E-state index contributed by atoms with van der Waals surface area (Å²) in [4.78, 5) is 41.3. The van der Waals surface area contributed by atoms with Crippen LogP contribution in [0.15, 0.2) is 47.4 Å². The highest BCUT2D eigenvalue weighted by Crippen LogP contribution is 2.38. The molecule has 5 rings (SSSR count). The monoisotopic (exact) mass is 480 g/mol. The molecule has 182 valence electrons. The van der Waals surface area contributed by atoms with E-state index in [2.05, 4.69) is 5.32 Å². The van der Waals surface area contributed by atoms with Crippen molar-refractivity contribution in [3.63, 3.8) is 0 Å². The van der Waals surface area contributed by atoms with E-state index in [0.717, 1.165) is 12.8 Å². The van der Waals surface area contributed by atoms with Crippen molar-refractivity contribution in [2.75, 3.05) is 31.1 Å². The molecule has 0 atom stereocenters. The molecule has 2 aliphatic rings. The van der Waals surface area contributed by atoms with E-state index in [9.17, 15) is 18.8 Å². The van der Waals surface area contributed by atoms with Crippen molar-refractivity contribution in [1.29, 1.82) is 0 Å². The van der Waals surface area contributed by atoms with Gasteiger partial charge in [-0.25, -0.2) is 8.78 Å². The fraction of sp³-hybridized carbons (Fsp3) is 0.346. The highest BCUT2D eigenvalue weighted by molar-refractivity contribution is 5.98. The van der Waals surface area contributed by atoms with Gasteiger partial charge in [0.15, 0.2) is 0 Å². The second-order valence-electron chi connectivity index (χ2n) is 9.10.